The maximum Gasteiger partial charge on any atom is 0.266 e. The highest BCUT2D eigenvalue weighted by Gasteiger charge is 2.46. The van der Waals surface area contributed by atoms with Crippen LogP contribution in [0.5, 0.6) is 5.75 Å². The van der Waals surface area contributed by atoms with E-state index >= 15 is 0 Å². The molecule has 3 heterocycles. The Morgan fingerprint density at radius 3 is 2.44 bits per heavy atom. The first-order valence-corrected chi connectivity index (χ1v) is 8.66. The Kier molecular flexibility index (Phi) is 4.11. The number of imide groups is 2. The van der Waals surface area contributed by atoms with Crippen LogP contribution >= 0.6 is 0 Å². The number of benzene rings is 1. The summed E-state index contributed by atoms with van der Waals surface area (Å²) in [6.07, 6.45) is 0.326. The topological polar surface area (TPSA) is 105 Å². The zero-order chi connectivity index (χ0) is 19.3. The van der Waals surface area contributed by atoms with Crippen LogP contribution in [-0.2, 0) is 14.3 Å². The highest BCUT2D eigenvalue weighted by molar-refractivity contribution is 6.25. The molecule has 0 radical (unpaired) electrons. The van der Waals surface area contributed by atoms with E-state index in [2.05, 4.69) is 5.32 Å². The van der Waals surface area contributed by atoms with Gasteiger partial charge in [-0.15, -0.1) is 0 Å². The summed E-state index contributed by atoms with van der Waals surface area (Å²) in [7, 11) is 3.07. The fraction of sp³-hybridized carbons (Fsp3) is 0.444. The van der Waals surface area contributed by atoms with Crippen LogP contribution in [0.3, 0.4) is 0 Å². The summed E-state index contributed by atoms with van der Waals surface area (Å²) in [6, 6.07) is 2.37. The van der Waals surface area contributed by atoms with Crippen LogP contribution in [0.4, 0.5) is 5.69 Å². The van der Waals surface area contributed by atoms with Gasteiger partial charge in [-0.3, -0.25) is 29.4 Å². The fourth-order valence-electron chi connectivity index (χ4n) is 3.69. The van der Waals surface area contributed by atoms with Gasteiger partial charge in [-0.25, -0.2) is 0 Å². The van der Waals surface area contributed by atoms with Gasteiger partial charge in [0.1, 0.15) is 11.8 Å². The summed E-state index contributed by atoms with van der Waals surface area (Å²) in [4.78, 5) is 52.3. The van der Waals surface area contributed by atoms with E-state index in [0.29, 0.717) is 13.1 Å². The highest BCUT2D eigenvalue weighted by Crippen LogP contribution is 2.38. The van der Waals surface area contributed by atoms with Crippen LogP contribution in [0.2, 0.25) is 0 Å². The molecular weight excluding hydrogens is 354 g/mol. The Morgan fingerprint density at radius 2 is 1.81 bits per heavy atom. The third-order valence-electron chi connectivity index (χ3n) is 5.26. The maximum atomic E-state index is 12.9. The number of nitrogens with zero attached hydrogens (tertiary/aromatic N) is 2. The summed E-state index contributed by atoms with van der Waals surface area (Å²) >= 11 is 0. The second-order valence-electron chi connectivity index (χ2n) is 6.78. The first kappa shape index (κ1) is 17.5. The van der Waals surface area contributed by atoms with E-state index in [1.807, 2.05) is 4.90 Å². The van der Waals surface area contributed by atoms with Crippen LogP contribution in [0.1, 0.15) is 33.6 Å². The molecule has 4 rings (SSSR count). The molecule has 1 aromatic carbocycles. The van der Waals surface area contributed by atoms with Crippen molar-refractivity contribution >= 4 is 29.3 Å². The predicted octanol–water partition coefficient (Wildman–Crippen LogP) is -0.0686. The number of fused-ring (bicyclic) bond motifs is 1. The minimum atomic E-state index is -0.995. The van der Waals surface area contributed by atoms with E-state index < -0.39 is 29.7 Å². The number of carbonyl (C=O) groups excluding carboxylic acids is 4. The largest absolute Gasteiger partial charge is 0.496 e. The highest BCUT2D eigenvalue weighted by atomic mass is 16.5. The number of rotatable bonds is 4. The number of hydrogen-bond acceptors (Lipinski definition) is 7. The van der Waals surface area contributed by atoms with Gasteiger partial charge in [0.15, 0.2) is 0 Å². The van der Waals surface area contributed by atoms with Gasteiger partial charge in [-0.1, -0.05) is 0 Å². The average molecular weight is 373 g/mol. The van der Waals surface area contributed by atoms with Crippen molar-refractivity contribution in [2.24, 2.45) is 0 Å². The van der Waals surface area contributed by atoms with Gasteiger partial charge >= 0.3 is 0 Å². The summed E-state index contributed by atoms with van der Waals surface area (Å²) in [6.45, 7) is 1.36. The first-order valence-electron chi connectivity index (χ1n) is 8.66. The SMILES string of the molecule is COc1cc(N2CC(OC)C2)cc2c1C(=O)N(C1CCC(=O)NC1=O)C2=O. The van der Waals surface area contributed by atoms with Crippen molar-refractivity contribution in [2.45, 2.75) is 25.0 Å². The maximum absolute atomic E-state index is 12.9. The standard InChI is InChI=1S/C18H19N3O6/c1-26-10-7-20(8-10)9-5-11-15(13(6-9)27-2)18(25)21(17(11)24)12-3-4-14(22)19-16(12)23/h5-6,10,12H,3-4,7-8H2,1-2H3,(H,19,22,23). The molecule has 3 aliphatic heterocycles. The Labute approximate surface area is 155 Å². The van der Waals surface area contributed by atoms with Gasteiger partial charge in [0, 0.05) is 38.4 Å². The van der Waals surface area contributed by atoms with Crippen LogP contribution in [-0.4, -0.2) is 68.0 Å². The number of piperidine rings is 1. The second-order valence-corrected chi connectivity index (χ2v) is 6.78. The number of nitrogens with one attached hydrogen (secondary N) is 1. The van der Waals surface area contributed by atoms with Gasteiger partial charge in [0.05, 0.1) is 24.3 Å². The molecule has 2 saturated heterocycles. The second kappa shape index (κ2) is 6.34. The average Bonchev–Trinajstić information content (AvgIpc) is 2.85. The molecule has 4 amide bonds. The van der Waals surface area contributed by atoms with Gasteiger partial charge in [0.2, 0.25) is 11.8 Å². The zero-order valence-electron chi connectivity index (χ0n) is 15.0. The minimum Gasteiger partial charge on any atom is -0.496 e. The molecular formula is C18H19N3O6. The molecule has 142 valence electrons. The van der Waals surface area contributed by atoms with E-state index in [4.69, 9.17) is 9.47 Å². The Hall–Kier alpha value is -2.94. The molecule has 0 spiro atoms. The first-order chi connectivity index (χ1) is 12.9. The van der Waals surface area contributed by atoms with E-state index in [1.54, 1.807) is 19.2 Å². The van der Waals surface area contributed by atoms with Crippen LogP contribution < -0.4 is 15.0 Å². The molecule has 0 bridgehead atoms. The summed E-state index contributed by atoms with van der Waals surface area (Å²) in [5.41, 5.74) is 1.12. The molecule has 1 unspecified atom stereocenters. The van der Waals surface area contributed by atoms with Crippen LogP contribution in [0, 0.1) is 0 Å². The Morgan fingerprint density at radius 1 is 1.07 bits per heavy atom. The molecule has 0 aromatic heterocycles. The van der Waals surface area contributed by atoms with Crippen molar-refractivity contribution in [3.05, 3.63) is 23.3 Å². The van der Waals surface area contributed by atoms with Crippen molar-refractivity contribution in [2.75, 3.05) is 32.2 Å². The van der Waals surface area contributed by atoms with Crippen LogP contribution in [0.15, 0.2) is 12.1 Å². The van der Waals surface area contributed by atoms with E-state index in [9.17, 15) is 19.2 Å². The molecule has 9 nitrogen and oxygen atoms in total. The van der Waals surface area contributed by atoms with E-state index in [0.717, 1.165) is 10.6 Å². The number of ether oxygens (including phenoxy) is 2. The number of methoxy groups -OCH3 is 2. The molecule has 3 aliphatic rings. The fourth-order valence-corrected chi connectivity index (χ4v) is 3.69. The lowest BCUT2D eigenvalue weighted by Crippen LogP contribution is -2.54. The van der Waals surface area contributed by atoms with Crippen molar-refractivity contribution in [1.29, 1.82) is 0 Å². The normalized spacial score (nSPS) is 22.7. The third-order valence-corrected chi connectivity index (χ3v) is 5.26. The lowest BCUT2D eigenvalue weighted by atomic mass is 10.0. The zero-order valence-corrected chi connectivity index (χ0v) is 15.0. The lowest BCUT2D eigenvalue weighted by molar-refractivity contribution is -0.136. The lowest BCUT2D eigenvalue weighted by Gasteiger charge is -2.40. The van der Waals surface area contributed by atoms with Crippen molar-refractivity contribution in [3.63, 3.8) is 0 Å². The quantitative estimate of drug-likeness (QED) is 0.737. The monoisotopic (exact) mass is 373 g/mol. The smallest absolute Gasteiger partial charge is 0.266 e. The van der Waals surface area contributed by atoms with Gasteiger partial charge in [-0.05, 0) is 12.5 Å². The minimum absolute atomic E-state index is 0.0817. The molecule has 1 atom stereocenters. The molecule has 2 fully saturated rings. The Balaban J connectivity index is 1.68. The summed E-state index contributed by atoms with van der Waals surface area (Å²) in [5.74, 6) is -1.87. The van der Waals surface area contributed by atoms with Gasteiger partial charge in [0.25, 0.3) is 11.8 Å². The number of amides is 4. The van der Waals surface area contributed by atoms with Crippen molar-refractivity contribution in [1.82, 2.24) is 10.2 Å². The van der Waals surface area contributed by atoms with Crippen molar-refractivity contribution in [3.8, 4) is 5.75 Å². The molecule has 0 aliphatic carbocycles. The molecule has 27 heavy (non-hydrogen) atoms. The van der Waals surface area contributed by atoms with Crippen molar-refractivity contribution < 1.29 is 28.7 Å². The number of carbonyl (C=O) groups is 4. The molecule has 1 N–H and O–H groups in total. The molecule has 9 heteroatoms. The number of anilines is 1. The third kappa shape index (κ3) is 2.66. The molecule has 0 saturated carbocycles. The van der Waals surface area contributed by atoms with Crippen LogP contribution in [0.25, 0.3) is 0 Å². The Bertz CT molecular complexity index is 861. The van der Waals surface area contributed by atoms with E-state index in [1.165, 1.54) is 7.11 Å². The predicted molar refractivity (Wildman–Crippen MR) is 92.7 cm³/mol. The van der Waals surface area contributed by atoms with E-state index in [-0.39, 0.29) is 35.8 Å². The summed E-state index contributed by atoms with van der Waals surface area (Å²) < 4.78 is 10.6. The molecule has 1 aromatic rings. The van der Waals surface area contributed by atoms with Gasteiger partial charge in [-0.2, -0.15) is 0 Å². The van der Waals surface area contributed by atoms with Gasteiger partial charge < -0.3 is 14.4 Å². The number of hydrogen-bond donors (Lipinski definition) is 1. The summed E-state index contributed by atoms with van der Waals surface area (Å²) in [5, 5.41) is 2.18.